The van der Waals surface area contributed by atoms with Crippen LogP contribution in [0.5, 0.6) is 0 Å². The van der Waals surface area contributed by atoms with Crippen molar-refractivity contribution in [3.8, 4) is 0 Å². The van der Waals surface area contributed by atoms with Crippen molar-refractivity contribution in [1.82, 2.24) is 0 Å². The van der Waals surface area contributed by atoms with Crippen molar-refractivity contribution in [3.05, 3.63) is 21.8 Å². The molecule has 13 heavy (non-hydrogen) atoms. The quantitative estimate of drug-likeness (QED) is 0.449. The number of nitrogen functional groups attached to an aromatic ring is 1. The van der Waals surface area contributed by atoms with Gasteiger partial charge >= 0.3 is 0 Å². The van der Waals surface area contributed by atoms with E-state index in [-0.39, 0.29) is 6.61 Å². The summed E-state index contributed by atoms with van der Waals surface area (Å²) in [7, 11) is 0. The summed E-state index contributed by atoms with van der Waals surface area (Å²) in [6.45, 7) is 0.956. The highest BCUT2D eigenvalue weighted by Gasteiger charge is 1.97. The molecule has 0 aliphatic rings. The van der Waals surface area contributed by atoms with Crippen LogP contribution in [0.1, 0.15) is 6.42 Å². The molecular formula is C9H13IN2O. The Hall–Kier alpha value is -0.490. The van der Waals surface area contributed by atoms with Crippen LogP contribution in [0.2, 0.25) is 0 Å². The first-order valence-electron chi connectivity index (χ1n) is 4.14. The zero-order valence-electron chi connectivity index (χ0n) is 7.26. The minimum absolute atomic E-state index is 0.205. The summed E-state index contributed by atoms with van der Waals surface area (Å²) < 4.78 is 1.15. The summed E-state index contributed by atoms with van der Waals surface area (Å²) in [6.07, 6.45) is 0.741. The molecule has 3 nitrogen and oxygen atoms in total. The van der Waals surface area contributed by atoms with Crippen LogP contribution >= 0.6 is 22.6 Å². The van der Waals surface area contributed by atoms with Gasteiger partial charge in [-0.25, -0.2) is 0 Å². The predicted molar refractivity (Wildman–Crippen MR) is 63.8 cm³/mol. The van der Waals surface area contributed by atoms with Gasteiger partial charge in [-0.15, -0.1) is 0 Å². The number of halogens is 1. The third-order valence-electron chi connectivity index (χ3n) is 1.67. The molecule has 1 aromatic rings. The summed E-state index contributed by atoms with van der Waals surface area (Å²) in [6, 6.07) is 5.84. The number of aliphatic hydroxyl groups excluding tert-OH is 1. The van der Waals surface area contributed by atoms with Crippen LogP contribution in [0.25, 0.3) is 0 Å². The number of nitrogens with two attached hydrogens (primary N) is 1. The molecule has 0 atom stereocenters. The molecule has 72 valence electrons. The van der Waals surface area contributed by atoms with E-state index in [2.05, 4.69) is 27.9 Å². The van der Waals surface area contributed by atoms with Crippen molar-refractivity contribution in [2.75, 3.05) is 24.2 Å². The third-order valence-corrected chi connectivity index (χ3v) is 2.34. The van der Waals surface area contributed by atoms with Crippen molar-refractivity contribution >= 4 is 34.0 Å². The van der Waals surface area contributed by atoms with Gasteiger partial charge in [0.15, 0.2) is 0 Å². The molecule has 0 saturated carbocycles. The highest BCUT2D eigenvalue weighted by molar-refractivity contribution is 14.1. The molecule has 0 amide bonds. The monoisotopic (exact) mass is 292 g/mol. The molecule has 0 radical (unpaired) electrons. The second kappa shape index (κ2) is 5.29. The van der Waals surface area contributed by atoms with Gasteiger partial charge in [0, 0.05) is 16.7 Å². The Morgan fingerprint density at radius 3 is 2.92 bits per heavy atom. The van der Waals surface area contributed by atoms with Crippen molar-refractivity contribution in [1.29, 1.82) is 0 Å². The number of nitrogens with one attached hydrogen (secondary N) is 1. The SMILES string of the molecule is Nc1ccc(I)cc1NCCCO. The van der Waals surface area contributed by atoms with Crippen LogP contribution in [-0.4, -0.2) is 18.3 Å². The lowest BCUT2D eigenvalue weighted by Crippen LogP contribution is -2.05. The van der Waals surface area contributed by atoms with Crippen LogP contribution < -0.4 is 11.1 Å². The smallest absolute Gasteiger partial charge is 0.0584 e. The average molecular weight is 292 g/mol. The molecule has 0 heterocycles. The van der Waals surface area contributed by atoms with Crippen LogP contribution in [0, 0.1) is 3.57 Å². The lowest BCUT2D eigenvalue weighted by molar-refractivity contribution is 0.292. The Bertz CT molecular complexity index is 278. The van der Waals surface area contributed by atoms with Gasteiger partial charge in [-0.3, -0.25) is 0 Å². The first-order valence-corrected chi connectivity index (χ1v) is 5.21. The Morgan fingerprint density at radius 2 is 2.23 bits per heavy atom. The fourth-order valence-electron chi connectivity index (χ4n) is 0.984. The van der Waals surface area contributed by atoms with E-state index in [0.29, 0.717) is 0 Å². The molecule has 0 aliphatic carbocycles. The summed E-state index contributed by atoms with van der Waals surface area (Å²) >= 11 is 2.24. The van der Waals surface area contributed by atoms with Gasteiger partial charge in [0.25, 0.3) is 0 Å². The van der Waals surface area contributed by atoms with Gasteiger partial charge in [-0.1, -0.05) is 0 Å². The average Bonchev–Trinajstić information content (AvgIpc) is 2.11. The maximum Gasteiger partial charge on any atom is 0.0584 e. The maximum absolute atomic E-state index is 8.60. The van der Waals surface area contributed by atoms with Crippen molar-refractivity contribution < 1.29 is 5.11 Å². The second-order valence-electron chi connectivity index (χ2n) is 2.74. The van der Waals surface area contributed by atoms with E-state index in [1.54, 1.807) is 0 Å². The van der Waals surface area contributed by atoms with E-state index in [4.69, 9.17) is 10.8 Å². The topological polar surface area (TPSA) is 58.3 Å². The fourth-order valence-corrected chi connectivity index (χ4v) is 1.47. The largest absolute Gasteiger partial charge is 0.397 e. The first-order chi connectivity index (χ1) is 6.24. The Kier molecular flexibility index (Phi) is 4.31. The Labute approximate surface area is 91.5 Å². The van der Waals surface area contributed by atoms with Gasteiger partial charge < -0.3 is 16.2 Å². The van der Waals surface area contributed by atoms with Gasteiger partial charge in [-0.2, -0.15) is 0 Å². The minimum Gasteiger partial charge on any atom is -0.397 e. The number of benzene rings is 1. The summed E-state index contributed by atoms with van der Waals surface area (Å²) in [5, 5.41) is 11.8. The van der Waals surface area contributed by atoms with Crippen molar-refractivity contribution in [2.45, 2.75) is 6.42 Å². The molecule has 0 saturated heterocycles. The first kappa shape index (κ1) is 10.6. The Balaban J connectivity index is 2.59. The molecule has 0 aromatic heterocycles. The number of hydrogen-bond acceptors (Lipinski definition) is 3. The highest BCUT2D eigenvalue weighted by Crippen LogP contribution is 2.20. The summed E-state index contributed by atoms with van der Waals surface area (Å²) in [5.41, 5.74) is 7.44. The molecular weight excluding hydrogens is 279 g/mol. The normalized spacial score (nSPS) is 10.0. The van der Waals surface area contributed by atoms with Crippen LogP contribution in [0.4, 0.5) is 11.4 Å². The van der Waals surface area contributed by atoms with Crippen molar-refractivity contribution in [3.63, 3.8) is 0 Å². The zero-order valence-corrected chi connectivity index (χ0v) is 9.41. The van der Waals surface area contributed by atoms with Gasteiger partial charge in [0.1, 0.15) is 0 Å². The number of anilines is 2. The standard InChI is InChI=1S/C9H13IN2O/c10-7-2-3-8(11)9(6-7)12-4-1-5-13/h2-3,6,12-13H,1,4-5,11H2. The molecule has 0 unspecified atom stereocenters. The Morgan fingerprint density at radius 1 is 1.46 bits per heavy atom. The molecule has 4 N–H and O–H groups in total. The molecule has 4 heteroatoms. The number of hydrogen-bond donors (Lipinski definition) is 3. The van der Waals surface area contributed by atoms with E-state index in [0.717, 1.165) is 27.9 Å². The van der Waals surface area contributed by atoms with E-state index in [9.17, 15) is 0 Å². The van der Waals surface area contributed by atoms with E-state index in [1.165, 1.54) is 0 Å². The third kappa shape index (κ3) is 3.40. The second-order valence-corrected chi connectivity index (χ2v) is 3.98. The van der Waals surface area contributed by atoms with Crippen LogP contribution in [0.3, 0.4) is 0 Å². The van der Waals surface area contributed by atoms with E-state index < -0.39 is 0 Å². The lowest BCUT2D eigenvalue weighted by atomic mass is 10.2. The van der Waals surface area contributed by atoms with Gasteiger partial charge in [-0.05, 0) is 47.2 Å². The molecule has 0 aliphatic heterocycles. The predicted octanol–water partition coefficient (Wildman–Crippen LogP) is 1.67. The van der Waals surface area contributed by atoms with Crippen LogP contribution in [-0.2, 0) is 0 Å². The fraction of sp³-hybridized carbons (Fsp3) is 0.333. The van der Waals surface area contributed by atoms with E-state index >= 15 is 0 Å². The number of aliphatic hydroxyl groups is 1. The van der Waals surface area contributed by atoms with E-state index in [1.807, 2.05) is 18.2 Å². The molecule has 0 fully saturated rings. The highest BCUT2D eigenvalue weighted by atomic mass is 127. The minimum atomic E-state index is 0.205. The number of rotatable bonds is 4. The maximum atomic E-state index is 8.60. The summed E-state index contributed by atoms with van der Waals surface area (Å²) in [5.74, 6) is 0. The van der Waals surface area contributed by atoms with Crippen LogP contribution in [0.15, 0.2) is 18.2 Å². The molecule has 0 bridgehead atoms. The molecule has 0 spiro atoms. The molecule has 1 rings (SSSR count). The van der Waals surface area contributed by atoms with Gasteiger partial charge in [0.2, 0.25) is 0 Å². The van der Waals surface area contributed by atoms with Crippen molar-refractivity contribution in [2.24, 2.45) is 0 Å². The molecule has 1 aromatic carbocycles. The lowest BCUT2D eigenvalue weighted by Gasteiger charge is -2.08. The summed E-state index contributed by atoms with van der Waals surface area (Å²) in [4.78, 5) is 0. The van der Waals surface area contributed by atoms with Gasteiger partial charge in [0.05, 0.1) is 11.4 Å². The zero-order chi connectivity index (χ0) is 9.68.